The van der Waals surface area contributed by atoms with Gasteiger partial charge in [0.2, 0.25) is 6.79 Å². The fourth-order valence-corrected chi connectivity index (χ4v) is 4.26. The Hall–Kier alpha value is -4.08. The van der Waals surface area contributed by atoms with Gasteiger partial charge in [-0.3, -0.25) is 14.9 Å². The Labute approximate surface area is 213 Å². The molecule has 2 aliphatic rings. The van der Waals surface area contributed by atoms with E-state index in [0.717, 1.165) is 4.90 Å². The summed E-state index contributed by atoms with van der Waals surface area (Å²) in [6.45, 7) is -0.0931. The number of carbonyl (C=O) groups is 3. The third-order valence-electron chi connectivity index (χ3n) is 5.38. The van der Waals surface area contributed by atoms with Gasteiger partial charge < -0.3 is 14.2 Å². The molecule has 1 N–H and O–H groups in total. The number of hydrogen-bond acceptors (Lipinski definition) is 6. The van der Waals surface area contributed by atoms with Crippen molar-refractivity contribution in [3.8, 4) is 17.2 Å². The molecule has 3 aromatic rings. The van der Waals surface area contributed by atoms with E-state index in [9.17, 15) is 18.8 Å². The maximum Gasteiger partial charge on any atom is 0.335 e. The van der Waals surface area contributed by atoms with Gasteiger partial charge in [0.05, 0.1) is 15.7 Å². The molecule has 182 valence electrons. The molecule has 0 radical (unpaired) electrons. The normalized spacial score (nSPS) is 15.9. The summed E-state index contributed by atoms with van der Waals surface area (Å²) in [5.41, 5.74) is 0.489. The van der Waals surface area contributed by atoms with E-state index in [4.69, 9.17) is 37.4 Å². The Morgan fingerprint density at radius 1 is 1.00 bits per heavy atom. The van der Waals surface area contributed by atoms with Gasteiger partial charge in [0.15, 0.2) is 17.2 Å². The van der Waals surface area contributed by atoms with Gasteiger partial charge in [-0.2, -0.15) is 0 Å². The van der Waals surface area contributed by atoms with E-state index >= 15 is 0 Å². The van der Waals surface area contributed by atoms with Crippen LogP contribution in [0.1, 0.15) is 11.1 Å². The van der Waals surface area contributed by atoms with Crippen molar-refractivity contribution < 1.29 is 33.0 Å². The molecule has 0 atom stereocenters. The van der Waals surface area contributed by atoms with E-state index in [-0.39, 0.29) is 40.5 Å². The molecule has 4 amide bonds. The van der Waals surface area contributed by atoms with E-state index in [0.29, 0.717) is 22.6 Å². The van der Waals surface area contributed by atoms with Gasteiger partial charge in [-0.1, -0.05) is 41.4 Å². The highest BCUT2D eigenvalue weighted by atomic mass is 35.5. The molecule has 36 heavy (non-hydrogen) atoms. The van der Waals surface area contributed by atoms with Crippen LogP contribution < -0.4 is 24.4 Å². The second-order valence-corrected chi connectivity index (χ2v) is 8.50. The van der Waals surface area contributed by atoms with Crippen molar-refractivity contribution in [3.63, 3.8) is 0 Å². The summed E-state index contributed by atoms with van der Waals surface area (Å²) >= 11 is 12.6. The van der Waals surface area contributed by atoms with Crippen LogP contribution in [-0.2, 0) is 16.2 Å². The number of nitrogens with zero attached hydrogens (tertiary/aromatic N) is 1. The molecular formula is C25H15Cl2FN2O6. The highest BCUT2D eigenvalue weighted by Crippen LogP contribution is 2.38. The zero-order chi connectivity index (χ0) is 25.4. The number of barbiturate groups is 1. The molecule has 11 heteroatoms. The number of amides is 4. The SMILES string of the molecule is O=C1NC(=O)N(c2ccc3c(c2)OCO3)C(=O)/C1=C/c1cc(Cl)c(OCc2ccccc2F)c(Cl)c1. The molecule has 1 saturated heterocycles. The van der Waals surface area contributed by atoms with Crippen molar-refractivity contribution in [2.24, 2.45) is 0 Å². The zero-order valence-electron chi connectivity index (χ0n) is 18.2. The van der Waals surface area contributed by atoms with Crippen LogP contribution in [0.4, 0.5) is 14.9 Å². The van der Waals surface area contributed by atoms with Crippen molar-refractivity contribution in [2.75, 3.05) is 11.7 Å². The molecule has 0 unspecified atom stereocenters. The van der Waals surface area contributed by atoms with Crippen molar-refractivity contribution in [3.05, 3.63) is 87.2 Å². The van der Waals surface area contributed by atoms with Crippen LogP contribution in [0.2, 0.25) is 10.0 Å². The number of urea groups is 1. The number of halogens is 3. The first-order valence-electron chi connectivity index (χ1n) is 10.5. The molecule has 2 heterocycles. The van der Waals surface area contributed by atoms with Gasteiger partial charge in [-0.25, -0.2) is 14.1 Å². The maximum atomic E-state index is 13.9. The minimum atomic E-state index is -0.908. The third-order valence-corrected chi connectivity index (χ3v) is 5.94. The summed E-state index contributed by atoms with van der Waals surface area (Å²) in [6, 6.07) is 12.6. The highest BCUT2D eigenvalue weighted by molar-refractivity contribution is 6.40. The van der Waals surface area contributed by atoms with Gasteiger partial charge in [-0.15, -0.1) is 0 Å². The molecule has 0 aliphatic carbocycles. The zero-order valence-corrected chi connectivity index (χ0v) is 19.7. The lowest BCUT2D eigenvalue weighted by Crippen LogP contribution is -2.54. The summed E-state index contributed by atoms with van der Waals surface area (Å²) in [7, 11) is 0. The van der Waals surface area contributed by atoms with Crippen LogP contribution in [0, 0.1) is 5.82 Å². The molecule has 5 rings (SSSR count). The number of ether oxygens (including phenoxy) is 3. The first-order valence-corrected chi connectivity index (χ1v) is 11.2. The molecule has 0 saturated carbocycles. The predicted molar refractivity (Wildman–Crippen MR) is 129 cm³/mol. The van der Waals surface area contributed by atoms with Crippen LogP contribution >= 0.6 is 23.2 Å². The predicted octanol–water partition coefficient (Wildman–Crippen LogP) is 5.11. The third kappa shape index (κ3) is 4.46. The minimum Gasteiger partial charge on any atom is -0.486 e. The summed E-state index contributed by atoms with van der Waals surface area (Å²) in [4.78, 5) is 38.9. The van der Waals surface area contributed by atoms with Gasteiger partial charge in [-0.05, 0) is 42.0 Å². The second-order valence-electron chi connectivity index (χ2n) is 7.69. The molecule has 0 bridgehead atoms. The Balaban J connectivity index is 1.42. The number of hydrogen-bond donors (Lipinski definition) is 1. The van der Waals surface area contributed by atoms with Crippen LogP contribution in [0.25, 0.3) is 6.08 Å². The van der Waals surface area contributed by atoms with Crippen molar-refractivity contribution in [1.29, 1.82) is 0 Å². The van der Waals surface area contributed by atoms with Gasteiger partial charge in [0.25, 0.3) is 11.8 Å². The van der Waals surface area contributed by atoms with Gasteiger partial charge >= 0.3 is 6.03 Å². The summed E-state index contributed by atoms with van der Waals surface area (Å²) < 4.78 is 30.0. The number of carbonyl (C=O) groups excluding carboxylic acids is 3. The Morgan fingerprint density at radius 3 is 2.47 bits per heavy atom. The molecule has 2 aliphatic heterocycles. The first kappa shape index (κ1) is 23.7. The summed E-state index contributed by atoms with van der Waals surface area (Å²) in [5, 5.41) is 2.30. The topological polar surface area (TPSA) is 94.2 Å². The molecular weight excluding hydrogens is 514 g/mol. The van der Waals surface area contributed by atoms with E-state index in [1.807, 2.05) is 0 Å². The number of imide groups is 2. The first-order chi connectivity index (χ1) is 17.3. The Morgan fingerprint density at radius 2 is 1.72 bits per heavy atom. The largest absolute Gasteiger partial charge is 0.486 e. The molecule has 8 nitrogen and oxygen atoms in total. The van der Waals surface area contributed by atoms with Gasteiger partial charge in [0, 0.05) is 11.6 Å². The van der Waals surface area contributed by atoms with Crippen molar-refractivity contribution >= 4 is 52.8 Å². The summed E-state index contributed by atoms with van der Waals surface area (Å²) in [6.07, 6.45) is 1.25. The second kappa shape index (κ2) is 9.52. The lowest BCUT2D eigenvalue weighted by atomic mass is 10.1. The quantitative estimate of drug-likeness (QED) is 0.365. The van der Waals surface area contributed by atoms with Crippen LogP contribution in [0.15, 0.2) is 60.2 Å². The van der Waals surface area contributed by atoms with Gasteiger partial charge in [0.1, 0.15) is 18.0 Å². The average Bonchev–Trinajstić information content (AvgIpc) is 3.30. The lowest BCUT2D eigenvalue weighted by Gasteiger charge is -2.26. The molecule has 0 spiro atoms. The number of nitrogens with one attached hydrogen (secondary N) is 1. The standard InChI is InChI=1S/C25H15Cl2FN2O6/c26-17-8-13(9-18(27)22(17)34-11-14-3-1-2-4-19(14)28)7-16-23(31)29-25(33)30(24(16)32)15-5-6-20-21(10-15)36-12-35-20/h1-10H,11-12H2,(H,29,31,33)/b16-7+. The van der Waals surface area contributed by atoms with Crippen LogP contribution in [0.5, 0.6) is 17.2 Å². The van der Waals surface area contributed by atoms with Crippen LogP contribution in [-0.4, -0.2) is 24.6 Å². The van der Waals surface area contributed by atoms with Crippen molar-refractivity contribution in [2.45, 2.75) is 6.61 Å². The summed E-state index contributed by atoms with van der Waals surface area (Å²) in [5.74, 6) is -1.23. The van der Waals surface area contributed by atoms with Crippen molar-refractivity contribution in [1.82, 2.24) is 5.32 Å². The fourth-order valence-electron chi connectivity index (χ4n) is 3.65. The van der Waals surface area contributed by atoms with E-state index in [1.54, 1.807) is 24.3 Å². The van der Waals surface area contributed by atoms with E-state index in [1.165, 1.54) is 36.4 Å². The smallest absolute Gasteiger partial charge is 0.335 e. The molecule has 3 aromatic carbocycles. The van der Waals surface area contributed by atoms with E-state index < -0.39 is 23.7 Å². The average molecular weight is 529 g/mol. The Kier molecular flexibility index (Phi) is 6.26. The monoisotopic (exact) mass is 528 g/mol. The molecule has 0 aromatic heterocycles. The maximum absolute atomic E-state index is 13.9. The number of benzene rings is 3. The van der Waals surface area contributed by atoms with Crippen LogP contribution in [0.3, 0.4) is 0 Å². The number of anilines is 1. The van der Waals surface area contributed by atoms with E-state index in [2.05, 4.69) is 5.32 Å². The fraction of sp³-hybridized carbons (Fsp3) is 0.0800. The lowest BCUT2D eigenvalue weighted by molar-refractivity contribution is -0.122. The molecule has 1 fully saturated rings. The number of rotatable bonds is 5. The minimum absolute atomic E-state index is 0.0179. The highest BCUT2D eigenvalue weighted by Gasteiger charge is 2.37. The Bertz CT molecular complexity index is 1440. The number of fused-ring (bicyclic) bond motifs is 1.